The molecule has 0 radical (unpaired) electrons. The van der Waals surface area contributed by atoms with Crippen molar-refractivity contribution in [1.29, 1.82) is 0 Å². The van der Waals surface area contributed by atoms with Gasteiger partial charge in [0.1, 0.15) is 6.10 Å². The fourth-order valence-electron chi connectivity index (χ4n) is 2.27. The molecule has 0 aliphatic heterocycles. The number of hydrogen-bond acceptors (Lipinski definition) is 3. The Morgan fingerprint density at radius 1 is 1.21 bits per heavy atom. The molecule has 0 aliphatic carbocycles. The summed E-state index contributed by atoms with van der Waals surface area (Å²) in [6.07, 6.45) is 2.82. The highest BCUT2D eigenvalue weighted by atomic mass is 16.3. The zero-order valence-electron chi connectivity index (χ0n) is 10.7. The molecule has 19 heavy (non-hydrogen) atoms. The van der Waals surface area contributed by atoms with E-state index in [4.69, 9.17) is 0 Å². The van der Waals surface area contributed by atoms with E-state index in [0.717, 1.165) is 28.7 Å². The number of hydrogen-bond donors (Lipinski definition) is 1. The fraction of sp³-hybridized carbons (Fsp3) is 0.200. The van der Waals surface area contributed by atoms with E-state index in [0.29, 0.717) is 0 Å². The van der Waals surface area contributed by atoms with E-state index in [1.807, 2.05) is 43.3 Å². The first kappa shape index (κ1) is 11.9. The molecule has 1 atom stereocenters. The number of benzene rings is 1. The molecular formula is C15H15N3O. The molecule has 96 valence electrons. The van der Waals surface area contributed by atoms with Crippen molar-refractivity contribution in [2.45, 2.75) is 19.6 Å². The van der Waals surface area contributed by atoms with Crippen molar-refractivity contribution in [3.05, 3.63) is 60.0 Å². The van der Waals surface area contributed by atoms with Gasteiger partial charge in [-0.25, -0.2) is 0 Å². The molecule has 0 fully saturated rings. The van der Waals surface area contributed by atoms with E-state index in [1.54, 1.807) is 17.1 Å². The van der Waals surface area contributed by atoms with Gasteiger partial charge in [-0.2, -0.15) is 5.10 Å². The highest BCUT2D eigenvalue weighted by Gasteiger charge is 2.15. The number of nitrogens with zero attached hydrogens (tertiary/aromatic N) is 3. The quantitative estimate of drug-likeness (QED) is 0.780. The maximum Gasteiger partial charge on any atom is 0.121 e. The molecule has 1 N–H and O–H groups in total. The molecule has 1 unspecified atom stereocenters. The second-order valence-electron chi connectivity index (χ2n) is 4.43. The lowest BCUT2D eigenvalue weighted by atomic mass is 10.0. The van der Waals surface area contributed by atoms with Gasteiger partial charge in [-0.15, -0.1) is 0 Å². The number of aromatic nitrogens is 3. The van der Waals surface area contributed by atoms with Crippen LogP contribution in [0.15, 0.2) is 48.8 Å². The predicted octanol–water partition coefficient (Wildman–Crippen LogP) is 2.53. The third-order valence-corrected chi connectivity index (χ3v) is 3.27. The second-order valence-corrected chi connectivity index (χ2v) is 4.43. The molecule has 1 aromatic carbocycles. The van der Waals surface area contributed by atoms with E-state index in [9.17, 15) is 5.11 Å². The van der Waals surface area contributed by atoms with Crippen LogP contribution in [-0.2, 0) is 6.54 Å². The topological polar surface area (TPSA) is 50.9 Å². The third kappa shape index (κ3) is 2.11. The summed E-state index contributed by atoms with van der Waals surface area (Å²) in [4.78, 5) is 4.28. The van der Waals surface area contributed by atoms with E-state index in [2.05, 4.69) is 10.1 Å². The van der Waals surface area contributed by atoms with Crippen molar-refractivity contribution in [2.75, 3.05) is 0 Å². The summed E-state index contributed by atoms with van der Waals surface area (Å²) in [7, 11) is 0. The SMILES string of the molecule is CCn1nccc1C(O)c1ccc2ncccc2c1. The standard InChI is InChI=1S/C15H15N3O/c1-2-18-14(7-9-17-18)15(19)12-5-6-13-11(10-12)4-3-8-16-13/h3-10,15,19H,2H2,1H3. The average Bonchev–Trinajstić information content (AvgIpc) is 2.94. The molecule has 4 nitrogen and oxygen atoms in total. The Kier molecular flexibility index (Phi) is 3.01. The Balaban J connectivity index is 2.04. The first-order chi connectivity index (χ1) is 9.29. The Bertz CT molecular complexity index is 705. The van der Waals surface area contributed by atoms with Gasteiger partial charge in [0, 0.05) is 24.3 Å². The molecule has 3 rings (SSSR count). The summed E-state index contributed by atoms with van der Waals surface area (Å²) < 4.78 is 1.80. The number of fused-ring (bicyclic) bond motifs is 1. The Morgan fingerprint density at radius 2 is 2.11 bits per heavy atom. The summed E-state index contributed by atoms with van der Waals surface area (Å²) in [6, 6.07) is 11.6. The molecule has 2 heterocycles. The van der Waals surface area contributed by atoms with E-state index in [1.165, 1.54) is 0 Å². The molecular weight excluding hydrogens is 238 g/mol. The van der Waals surface area contributed by atoms with Crippen LogP contribution in [-0.4, -0.2) is 19.9 Å². The summed E-state index contributed by atoms with van der Waals surface area (Å²) in [5, 5.41) is 15.7. The molecule has 0 saturated heterocycles. The fourth-order valence-corrected chi connectivity index (χ4v) is 2.27. The molecule has 0 aliphatic rings. The van der Waals surface area contributed by atoms with Crippen molar-refractivity contribution in [3.8, 4) is 0 Å². The lowest BCUT2D eigenvalue weighted by Gasteiger charge is -2.13. The molecule has 0 amide bonds. The maximum absolute atomic E-state index is 10.5. The van der Waals surface area contributed by atoms with Crippen LogP contribution in [0.1, 0.15) is 24.3 Å². The maximum atomic E-state index is 10.5. The van der Waals surface area contributed by atoms with Crippen LogP contribution in [0.25, 0.3) is 10.9 Å². The highest BCUT2D eigenvalue weighted by molar-refractivity contribution is 5.79. The van der Waals surface area contributed by atoms with Crippen LogP contribution in [0.4, 0.5) is 0 Å². The second kappa shape index (κ2) is 4.82. The van der Waals surface area contributed by atoms with Gasteiger partial charge in [0.2, 0.25) is 0 Å². The summed E-state index contributed by atoms with van der Waals surface area (Å²) in [6.45, 7) is 2.75. The average molecular weight is 253 g/mol. The molecule has 0 saturated carbocycles. The van der Waals surface area contributed by atoms with Crippen LogP contribution in [0.5, 0.6) is 0 Å². The minimum Gasteiger partial charge on any atom is -0.382 e. The predicted molar refractivity (Wildman–Crippen MR) is 73.7 cm³/mol. The van der Waals surface area contributed by atoms with Crippen LogP contribution >= 0.6 is 0 Å². The normalized spacial score (nSPS) is 12.7. The largest absolute Gasteiger partial charge is 0.382 e. The third-order valence-electron chi connectivity index (χ3n) is 3.27. The van der Waals surface area contributed by atoms with Crippen LogP contribution in [0.2, 0.25) is 0 Å². The number of aliphatic hydroxyl groups excluding tert-OH is 1. The number of pyridine rings is 1. The lowest BCUT2D eigenvalue weighted by Crippen LogP contribution is -2.09. The van der Waals surface area contributed by atoms with Crippen molar-refractivity contribution < 1.29 is 5.11 Å². The monoisotopic (exact) mass is 253 g/mol. The van der Waals surface area contributed by atoms with E-state index < -0.39 is 6.10 Å². The number of aryl methyl sites for hydroxylation is 1. The van der Waals surface area contributed by atoms with Gasteiger partial charge in [-0.05, 0) is 36.8 Å². The van der Waals surface area contributed by atoms with Crippen molar-refractivity contribution >= 4 is 10.9 Å². The van der Waals surface area contributed by atoms with Crippen molar-refractivity contribution in [2.24, 2.45) is 0 Å². The van der Waals surface area contributed by atoms with Gasteiger partial charge in [0.15, 0.2) is 0 Å². The minimum atomic E-state index is -0.660. The van der Waals surface area contributed by atoms with E-state index in [-0.39, 0.29) is 0 Å². The summed E-state index contributed by atoms with van der Waals surface area (Å²) in [5.41, 5.74) is 2.60. The number of aliphatic hydroxyl groups is 1. The Labute approximate surface area is 111 Å². The zero-order valence-corrected chi connectivity index (χ0v) is 10.7. The van der Waals surface area contributed by atoms with Crippen LogP contribution in [0, 0.1) is 0 Å². The van der Waals surface area contributed by atoms with Crippen LogP contribution < -0.4 is 0 Å². The minimum absolute atomic E-state index is 0.660. The van der Waals surface area contributed by atoms with Gasteiger partial charge >= 0.3 is 0 Å². The Morgan fingerprint density at radius 3 is 2.95 bits per heavy atom. The van der Waals surface area contributed by atoms with Gasteiger partial charge in [-0.1, -0.05) is 12.1 Å². The van der Waals surface area contributed by atoms with E-state index >= 15 is 0 Å². The van der Waals surface area contributed by atoms with Gasteiger partial charge in [0.25, 0.3) is 0 Å². The summed E-state index contributed by atoms with van der Waals surface area (Å²) >= 11 is 0. The lowest BCUT2D eigenvalue weighted by molar-refractivity contribution is 0.208. The van der Waals surface area contributed by atoms with Gasteiger partial charge in [-0.3, -0.25) is 9.67 Å². The van der Waals surface area contributed by atoms with Gasteiger partial charge < -0.3 is 5.11 Å². The zero-order chi connectivity index (χ0) is 13.2. The smallest absolute Gasteiger partial charge is 0.121 e. The van der Waals surface area contributed by atoms with Crippen molar-refractivity contribution in [1.82, 2.24) is 14.8 Å². The Hall–Kier alpha value is -2.20. The molecule has 0 spiro atoms. The highest BCUT2D eigenvalue weighted by Crippen LogP contribution is 2.24. The van der Waals surface area contributed by atoms with Crippen molar-refractivity contribution in [3.63, 3.8) is 0 Å². The summed E-state index contributed by atoms with van der Waals surface area (Å²) in [5.74, 6) is 0. The molecule has 3 aromatic rings. The molecule has 0 bridgehead atoms. The molecule has 2 aromatic heterocycles. The van der Waals surface area contributed by atoms with Gasteiger partial charge in [0.05, 0.1) is 11.2 Å². The number of rotatable bonds is 3. The van der Waals surface area contributed by atoms with Crippen LogP contribution in [0.3, 0.4) is 0 Å². The molecule has 4 heteroatoms. The first-order valence-corrected chi connectivity index (χ1v) is 6.34. The first-order valence-electron chi connectivity index (χ1n) is 6.34.